The number of hydrogen-bond acceptors (Lipinski definition) is 2. The Labute approximate surface area is 217 Å². The maximum atomic E-state index is 9.97. The number of rotatable bonds is 10. The van der Waals surface area contributed by atoms with E-state index in [-0.39, 0.29) is 5.41 Å². The van der Waals surface area contributed by atoms with Crippen LogP contribution in [0.15, 0.2) is 30.3 Å². The van der Waals surface area contributed by atoms with Crippen molar-refractivity contribution in [3.05, 3.63) is 57.6 Å². The number of hydrogen-bond donors (Lipinski definition) is 0. The number of benzene rings is 2. The highest BCUT2D eigenvalue weighted by Crippen LogP contribution is 2.60. The van der Waals surface area contributed by atoms with Crippen molar-refractivity contribution in [3.8, 4) is 23.3 Å². The minimum Gasteiger partial charge on any atom is -0.192 e. The van der Waals surface area contributed by atoms with Crippen LogP contribution >= 0.6 is 11.6 Å². The van der Waals surface area contributed by atoms with Crippen LogP contribution in [0.4, 0.5) is 0 Å². The Morgan fingerprint density at radius 3 is 2.06 bits per heavy atom. The summed E-state index contributed by atoms with van der Waals surface area (Å²) in [6.07, 6.45) is 17.3. The number of fused-ring (bicyclic) bond motifs is 3. The van der Waals surface area contributed by atoms with Gasteiger partial charge in [0.25, 0.3) is 0 Å². The first-order chi connectivity index (χ1) is 17.0. The molecule has 3 saturated carbocycles. The first kappa shape index (κ1) is 25.8. The second kappa shape index (κ2) is 11.2. The van der Waals surface area contributed by atoms with Gasteiger partial charge in [-0.05, 0) is 91.4 Å². The van der Waals surface area contributed by atoms with Crippen molar-refractivity contribution >= 4 is 11.6 Å². The van der Waals surface area contributed by atoms with Crippen LogP contribution in [0.2, 0.25) is 5.02 Å². The maximum Gasteiger partial charge on any atom is 0.101 e. The molecule has 0 saturated heterocycles. The molecule has 0 radical (unpaired) electrons. The molecule has 0 unspecified atom stereocenters. The Morgan fingerprint density at radius 2 is 1.46 bits per heavy atom. The first-order valence-corrected chi connectivity index (χ1v) is 14.2. The fourth-order valence-corrected chi connectivity index (χ4v) is 7.19. The van der Waals surface area contributed by atoms with Crippen LogP contribution in [0, 0.1) is 28.1 Å². The summed E-state index contributed by atoms with van der Waals surface area (Å²) in [6, 6.07) is 15.1. The van der Waals surface area contributed by atoms with Crippen molar-refractivity contribution in [2.45, 2.75) is 109 Å². The van der Waals surface area contributed by atoms with Gasteiger partial charge in [-0.1, -0.05) is 81.8 Å². The third kappa shape index (κ3) is 5.15. The van der Waals surface area contributed by atoms with Crippen molar-refractivity contribution in [3.63, 3.8) is 0 Å². The molecule has 2 aromatic carbocycles. The van der Waals surface area contributed by atoms with E-state index in [1.807, 2.05) is 18.2 Å². The van der Waals surface area contributed by atoms with E-state index in [0.29, 0.717) is 16.5 Å². The van der Waals surface area contributed by atoms with E-state index in [1.165, 1.54) is 69.8 Å². The summed E-state index contributed by atoms with van der Waals surface area (Å²) in [5.41, 5.74) is 5.82. The van der Waals surface area contributed by atoms with E-state index in [1.54, 1.807) is 0 Å². The summed E-state index contributed by atoms with van der Waals surface area (Å²) in [4.78, 5) is 0. The molecule has 35 heavy (non-hydrogen) atoms. The van der Waals surface area contributed by atoms with Crippen LogP contribution in [0.25, 0.3) is 11.1 Å². The van der Waals surface area contributed by atoms with Gasteiger partial charge in [-0.2, -0.15) is 10.5 Å². The normalized spacial score (nSPS) is 23.1. The first-order valence-electron chi connectivity index (χ1n) is 13.8. The molecule has 5 rings (SSSR count). The molecule has 3 fully saturated rings. The van der Waals surface area contributed by atoms with Gasteiger partial charge in [-0.15, -0.1) is 0 Å². The molecular weight excluding hydrogens is 448 g/mol. The van der Waals surface area contributed by atoms with Crippen LogP contribution < -0.4 is 0 Å². The molecule has 0 spiro atoms. The van der Waals surface area contributed by atoms with E-state index < -0.39 is 0 Å². The quantitative estimate of drug-likeness (QED) is 0.313. The molecule has 3 aliphatic carbocycles. The largest absolute Gasteiger partial charge is 0.192 e. The molecule has 184 valence electrons. The van der Waals surface area contributed by atoms with Crippen molar-refractivity contribution in [2.75, 3.05) is 0 Å². The lowest BCUT2D eigenvalue weighted by Gasteiger charge is -2.54. The number of nitrogens with zero attached hydrogens (tertiary/aromatic N) is 2. The fraction of sp³-hybridized carbons (Fsp3) is 0.562. The van der Waals surface area contributed by atoms with Crippen molar-refractivity contribution in [1.29, 1.82) is 10.5 Å². The Hall–Kier alpha value is -2.29. The van der Waals surface area contributed by atoms with Gasteiger partial charge in [0, 0.05) is 10.6 Å². The van der Waals surface area contributed by atoms with Crippen LogP contribution in [0.5, 0.6) is 0 Å². The maximum absolute atomic E-state index is 9.97. The van der Waals surface area contributed by atoms with Crippen LogP contribution in [0.1, 0.15) is 120 Å². The topological polar surface area (TPSA) is 47.6 Å². The van der Waals surface area contributed by atoms with E-state index in [2.05, 4.69) is 38.1 Å². The molecule has 2 aromatic rings. The van der Waals surface area contributed by atoms with Gasteiger partial charge < -0.3 is 0 Å². The van der Waals surface area contributed by atoms with Gasteiger partial charge >= 0.3 is 0 Å². The number of aryl methyl sites for hydroxylation is 1. The monoisotopic (exact) mass is 486 g/mol. The van der Waals surface area contributed by atoms with Gasteiger partial charge in [0.15, 0.2) is 0 Å². The molecule has 3 aliphatic rings. The molecule has 0 atom stereocenters. The minimum atomic E-state index is 0.209. The molecule has 0 amide bonds. The molecule has 3 heteroatoms. The second-order valence-electron chi connectivity index (χ2n) is 11.1. The van der Waals surface area contributed by atoms with E-state index in [0.717, 1.165) is 47.4 Å². The zero-order chi connectivity index (χ0) is 24.9. The van der Waals surface area contributed by atoms with Gasteiger partial charge in [0.2, 0.25) is 0 Å². The summed E-state index contributed by atoms with van der Waals surface area (Å²) in [5.74, 6) is 0. The lowest BCUT2D eigenvalue weighted by Crippen LogP contribution is -2.44. The summed E-state index contributed by atoms with van der Waals surface area (Å²) >= 11 is 6.97. The molecule has 0 aliphatic heterocycles. The molecule has 0 aromatic heterocycles. The zero-order valence-corrected chi connectivity index (χ0v) is 22.3. The molecular formula is C32H39ClN2. The number of nitriles is 2. The van der Waals surface area contributed by atoms with E-state index in [4.69, 9.17) is 11.6 Å². The van der Waals surface area contributed by atoms with Crippen molar-refractivity contribution in [1.82, 2.24) is 0 Å². The van der Waals surface area contributed by atoms with Gasteiger partial charge in [-0.3, -0.25) is 0 Å². The molecule has 2 bridgehead atoms. The molecule has 0 heterocycles. The van der Waals surface area contributed by atoms with Crippen LogP contribution in [0.3, 0.4) is 0 Å². The van der Waals surface area contributed by atoms with Crippen LogP contribution in [-0.4, -0.2) is 0 Å². The number of unbranched alkanes of at least 4 members (excludes halogenated alkanes) is 4. The molecule has 2 nitrogen and oxygen atoms in total. The Kier molecular flexibility index (Phi) is 8.24. The van der Waals surface area contributed by atoms with Gasteiger partial charge in [0.1, 0.15) is 12.1 Å². The van der Waals surface area contributed by atoms with Crippen LogP contribution in [-0.2, 0) is 11.8 Å². The lowest BCUT2D eigenvalue weighted by molar-refractivity contribution is 0.0306. The number of halogens is 1. The zero-order valence-electron chi connectivity index (χ0n) is 21.6. The average molecular weight is 487 g/mol. The highest BCUT2D eigenvalue weighted by atomic mass is 35.5. The SMILES string of the molecule is CCCCCc1ccc(-c2ccc(C34CCC(CCCCC)(CC3)CC4)c(Cl)c2)c(C#N)c1C#N. The fourth-order valence-electron chi connectivity index (χ4n) is 6.81. The standard InChI is InChI=1S/C32H39ClN2/c1-3-5-7-9-24-10-12-26(28(23-35)27(24)22-34)25-11-13-29(30(33)21-25)32-18-15-31(16-19-32,17-20-32)14-8-6-4-2/h10-13,21H,3-9,14-20H2,1-2H3. The summed E-state index contributed by atoms with van der Waals surface area (Å²) in [6.45, 7) is 4.46. The predicted octanol–water partition coefficient (Wildman–Crippen LogP) is 9.66. The Bertz CT molecular complexity index is 1110. The van der Waals surface area contributed by atoms with E-state index in [9.17, 15) is 10.5 Å². The third-order valence-corrected chi connectivity index (χ3v) is 9.44. The van der Waals surface area contributed by atoms with E-state index >= 15 is 0 Å². The Balaban J connectivity index is 1.58. The highest BCUT2D eigenvalue weighted by Gasteiger charge is 2.49. The summed E-state index contributed by atoms with van der Waals surface area (Å²) < 4.78 is 0. The summed E-state index contributed by atoms with van der Waals surface area (Å²) in [7, 11) is 0. The highest BCUT2D eigenvalue weighted by molar-refractivity contribution is 6.31. The van der Waals surface area contributed by atoms with Gasteiger partial charge in [-0.25, -0.2) is 0 Å². The second-order valence-corrected chi connectivity index (χ2v) is 11.5. The third-order valence-electron chi connectivity index (χ3n) is 9.13. The summed E-state index contributed by atoms with van der Waals surface area (Å²) in [5, 5.41) is 20.6. The Morgan fingerprint density at radius 1 is 0.800 bits per heavy atom. The van der Waals surface area contributed by atoms with Gasteiger partial charge in [0.05, 0.1) is 11.1 Å². The van der Waals surface area contributed by atoms with Crippen molar-refractivity contribution in [2.24, 2.45) is 5.41 Å². The minimum absolute atomic E-state index is 0.209. The smallest absolute Gasteiger partial charge is 0.101 e. The average Bonchev–Trinajstić information content (AvgIpc) is 2.89. The predicted molar refractivity (Wildman–Crippen MR) is 146 cm³/mol. The van der Waals surface area contributed by atoms with Crippen molar-refractivity contribution < 1.29 is 0 Å². The lowest BCUT2D eigenvalue weighted by atomic mass is 9.51. The molecule has 0 N–H and O–H groups in total.